The fourth-order valence-electron chi connectivity index (χ4n) is 2.85. The minimum Gasteiger partial charge on any atom is -0.358 e. The Hall–Kier alpha value is -5.55. The molecule has 18 nitrogen and oxygen atoms in total. The Kier molecular flexibility index (Phi) is 14.7. The molecule has 0 fully saturated rings. The smallest absolute Gasteiger partial charge is 0.244 e. The Morgan fingerprint density at radius 3 is 0.976 bits per heavy atom. The van der Waals surface area contributed by atoms with Gasteiger partial charge in [-0.2, -0.15) is 15.0 Å². The van der Waals surface area contributed by atoms with E-state index in [0.29, 0.717) is 0 Å². The maximum Gasteiger partial charge on any atom is 0.244 e. The first kappa shape index (κ1) is 34.5. The van der Waals surface area contributed by atoms with Crippen molar-refractivity contribution in [2.24, 2.45) is 0 Å². The number of aromatic nitrogens is 3. The molecule has 0 bridgehead atoms. The fraction of sp³-hybridized carbons (Fsp3) is 0.375. The van der Waals surface area contributed by atoms with Crippen LogP contribution in [0.4, 0.5) is 17.8 Å². The number of nitrogens with zero attached hydrogens (tertiary/aromatic N) is 6. The van der Waals surface area contributed by atoms with Gasteiger partial charge in [0.2, 0.25) is 53.3 Å². The minimum atomic E-state index is -0.548. The van der Waals surface area contributed by atoms with Gasteiger partial charge in [-0.25, -0.2) is 0 Å². The molecular formula is C24H36N12O6. The summed E-state index contributed by atoms with van der Waals surface area (Å²) in [5, 5.41) is 15.0. The van der Waals surface area contributed by atoms with Gasteiger partial charge in [0, 0.05) is 21.1 Å². The first-order valence-corrected chi connectivity index (χ1v) is 12.3. The van der Waals surface area contributed by atoms with Crippen molar-refractivity contribution in [3.05, 3.63) is 38.0 Å². The van der Waals surface area contributed by atoms with E-state index in [1.165, 1.54) is 35.8 Å². The zero-order valence-electron chi connectivity index (χ0n) is 23.7. The summed E-state index contributed by atoms with van der Waals surface area (Å²) in [6.45, 7) is 8.42. The predicted octanol–water partition coefficient (Wildman–Crippen LogP) is -3.69. The Morgan fingerprint density at radius 2 is 0.786 bits per heavy atom. The largest absolute Gasteiger partial charge is 0.358 e. The zero-order chi connectivity index (χ0) is 31.7. The second-order valence-corrected chi connectivity index (χ2v) is 8.06. The van der Waals surface area contributed by atoms with Crippen LogP contribution in [0.2, 0.25) is 0 Å². The summed E-state index contributed by atoms with van der Waals surface area (Å²) in [4.78, 5) is 89.8. The van der Waals surface area contributed by atoms with Crippen molar-refractivity contribution in [1.29, 1.82) is 0 Å². The number of carbonyl (C=O) groups is 6. The van der Waals surface area contributed by atoms with Gasteiger partial charge < -0.3 is 46.6 Å². The molecule has 1 aromatic rings. The number of rotatable bonds is 18. The summed E-state index contributed by atoms with van der Waals surface area (Å²) in [6, 6.07) is 0. The molecule has 1 heterocycles. The molecular weight excluding hydrogens is 552 g/mol. The lowest BCUT2D eigenvalue weighted by Gasteiger charge is -2.28. The lowest BCUT2D eigenvalue weighted by Crippen LogP contribution is -2.47. The molecule has 0 saturated heterocycles. The number of hydrogen-bond acceptors (Lipinski definition) is 12. The topological polar surface area (TPSA) is 223 Å². The highest BCUT2D eigenvalue weighted by Crippen LogP contribution is 2.19. The van der Waals surface area contributed by atoms with Gasteiger partial charge in [-0.15, -0.1) is 0 Å². The maximum atomic E-state index is 12.3. The van der Waals surface area contributed by atoms with Crippen LogP contribution in [0, 0.1) is 0 Å². The van der Waals surface area contributed by atoms with Crippen molar-refractivity contribution in [2.75, 3.05) is 75.5 Å². The zero-order valence-corrected chi connectivity index (χ0v) is 23.7. The molecule has 0 aliphatic carbocycles. The summed E-state index contributed by atoms with van der Waals surface area (Å²) in [7, 11) is 4.23. The fourth-order valence-corrected chi connectivity index (χ4v) is 2.85. The van der Waals surface area contributed by atoms with Crippen molar-refractivity contribution < 1.29 is 28.8 Å². The van der Waals surface area contributed by atoms with E-state index in [4.69, 9.17) is 0 Å². The molecule has 42 heavy (non-hydrogen) atoms. The van der Waals surface area contributed by atoms with Gasteiger partial charge >= 0.3 is 0 Å². The molecule has 18 heteroatoms. The summed E-state index contributed by atoms with van der Waals surface area (Å²) in [6.07, 6.45) is 3.09. The average molecular weight is 589 g/mol. The quantitative estimate of drug-likeness (QED) is 0.0720. The van der Waals surface area contributed by atoms with Crippen LogP contribution in [0.1, 0.15) is 0 Å². The van der Waals surface area contributed by atoms with Crippen LogP contribution in [0.3, 0.4) is 0 Å². The first-order chi connectivity index (χ1) is 20.0. The highest BCUT2D eigenvalue weighted by Gasteiger charge is 2.24. The third kappa shape index (κ3) is 11.7. The molecule has 0 radical (unpaired) electrons. The minimum absolute atomic E-state index is 0.156. The Balaban J connectivity index is 3.83. The van der Waals surface area contributed by atoms with Gasteiger partial charge in [0.05, 0.1) is 20.0 Å². The normalized spacial score (nSPS) is 9.79. The van der Waals surface area contributed by atoms with Crippen molar-refractivity contribution >= 4 is 53.3 Å². The van der Waals surface area contributed by atoms with E-state index in [1.54, 1.807) is 0 Å². The molecule has 228 valence electrons. The van der Waals surface area contributed by atoms with E-state index in [-0.39, 0.29) is 57.5 Å². The third-order valence-corrected chi connectivity index (χ3v) is 5.18. The van der Waals surface area contributed by atoms with Crippen LogP contribution in [-0.2, 0) is 28.8 Å². The highest BCUT2D eigenvalue weighted by atomic mass is 16.2. The van der Waals surface area contributed by atoms with Crippen molar-refractivity contribution in [2.45, 2.75) is 0 Å². The van der Waals surface area contributed by atoms with E-state index in [9.17, 15) is 28.8 Å². The van der Waals surface area contributed by atoms with E-state index < -0.39 is 35.4 Å². The van der Waals surface area contributed by atoms with Crippen molar-refractivity contribution in [3.63, 3.8) is 0 Å². The lowest BCUT2D eigenvalue weighted by molar-refractivity contribution is -0.120. The first-order valence-electron chi connectivity index (χ1n) is 12.3. The Bertz CT molecular complexity index is 1040. The molecule has 0 aliphatic rings. The predicted molar refractivity (Wildman–Crippen MR) is 154 cm³/mol. The molecule has 0 aromatic carbocycles. The summed E-state index contributed by atoms with van der Waals surface area (Å²) in [5.74, 6) is -3.51. The standard InChI is InChI=1S/C24H36N12O6/c1-7-16(37)28-13-34(10-19(40)25-4)22-31-23(35(11-20(41)26-5)14-29-17(38)8-2)33-24(32-22)36(12-21(42)27-6)15-30-18(39)9-3/h7-9H,1-3,10-15H2,4-6H3,(H,25,40)(H,26,41)(H,27,42)(H,28,37)(H,29,38)(H,30,39). The Labute approximate surface area is 242 Å². The van der Waals surface area contributed by atoms with E-state index in [0.717, 1.165) is 18.2 Å². The van der Waals surface area contributed by atoms with Gasteiger partial charge in [0.15, 0.2) is 0 Å². The molecule has 0 saturated carbocycles. The molecule has 0 atom stereocenters. The van der Waals surface area contributed by atoms with Crippen LogP contribution in [0.5, 0.6) is 0 Å². The van der Waals surface area contributed by atoms with Crippen LogP contribution < -0.4 is 46.6 Å². The molecule has 0 unspecified atom stereocenters. The average Bonchev–Trinajstić information content (AvgIpc) is 3.01. The molecule has 6 amide bonds. The third-order valence-electron chi connectivity index (χ3n) is 5.18. The number of amides is 6. The van der Waals surface area contributed by atoms with Crippen LogP contribution in [-0.4, -0.2) is 111 Å². The molecule has 1 rings (SSSR count). The molecule has 0 spiro atoms. The summed E-state index contributed by atoms with van der Waals surface area (Å²) < 4.78 is 0. The van der Waals surface area contributed by atoms with E-state index in [2.05, 4.69) is 66.6 Å². The van der Waals surface area contributed by atoms with E-state index >= 15 is 0 Å². The Morgan fingerprint density at radius 1 is 0.548 bits per heavy atom. The molecule has 1 aromatic heterocycles. The van der Waals surface area contributed by atoms with E-state index in [1.807, 2.05) is 0 Å². The van der Waals surface area contributed by atoms with Crippen molar-refractivity contribution in [1.82, 2.24) is 46.9 Å². The monoisotopic (exact) mass is 588 g/mol. The number of likely N-dealkylation sites (N-methyl/N-ethyl adjacent to an activating group) is 3. The van der Waals surface area contributed by atoms with Gasteiger partial charge in [-0.1, -0.05) is 19.7 Å². The summed E-state index contributed by atoms with van der Waals surface area (Å²) >= 11 is 0. The highest BCUT2D eigenvalue weighted by molar-refractivity contribution is 5.88. The van der Waals surface area contributed by atoms with Gasteiger partial charge in [0.25, 0.3) is 0 Å². The molecule has 6 N–H and O–H groups in total. The summed E-state index contributed by atoms with van der Waals surface area (Å²) in [5.41, 5.74) is 0. The number of nitrogens with one attached hydrogen (secondary N) is 6. The van der Waals surface area contributed by atoms with Crippen LogP contribution >= 0.6 is 0 Å². The van der Waals surface area contributed by atoms with Crippen LogP contribution in [0.15, 0.2) is 38.0 Å². The number of carbonyl (C=O) groups excluding carboxylic acids is 6. The second kappa shape index (κ2) is 17.9. The van der Waals surface area contributed by atoms with Gasteiger partial charge in [0.1, 0.15) is 19.6 Å². The number of hydrogen-bond donors (Lipinski definition) is 6. The van der Waals surface area contributed by atoms with Gasteiger partial charge in [-0.3, -0.25) is 28.8 Å². The maximum absolute atomic E-state index is 12.3. The van der Waals surface area contributed by atoms with Gasteiger partial charge in [-0.05, 0) is 18.2 Å². The van der Waals surface area contributed by atoms with Crippen LogP contribution in [0.25, 0.3) is 0 Å². The van der Waals surface area contributed by atoms with Crippen molar-refractivity contribution in [3.8, 4) is 0 Å². The lowest BCUT2D eigenvalue weighted by atomic mass is 10.4. The number of anilines is 3. The SMILES string of the molecule is C=CC(=O)NCN(CC(=O)NC)c1nc(N(CNC(=O)C=C)CC(=O)NC)nc(N(CNC(=O)C=C)CC(=O)NC)n1. The second-order valence-electron chi connectivity index (χ2n) is 8.06. The molecule has 0 aliphatic heterocycles.